The molecule has 3 aliphatic rings. The van der Waals surface area contributed by atoms with Gasteiger partial charge in [-0.3, -0.25) is 14.8 Å². The number of rotatable bonds is 4. The van der Waals surface area contributed by atoms with Gasteiger partial charge in [0.05, 0.1) is 22.8 Å². The van der Waals surface area contributed by atoms with Crippen molar-refractivity contribution in [1.29, 1.82) is 0 Å². The fourth-order valence-corrected chi connectivity index (χ4v) is 7.11. The van der Waals surface area contributed by atoms with Crippen molar-refractivity contribution in [3.63, 3.8) is 0 Å². The second-order valence-electron chi connectivity index (χ2n) is 13.2. The molecule has 0 radical (unpaired) electrons. The smallest absolute Gasteiger partial charge is 0.351 e. The van der Waals surface area contributed by atoms with E-state index >= 15 is 0 Å². The van der Waals surface area contributed by atoms with Gasteiger partial charge in [-0.05, 0) is 87.0 Å². The number of aromatic nitrogens is 2. The van der Waals surface area contributed by atoms with Crippen molar-refractivity contribution < 1.29 is 18.0 Å². The molecule has 0 unspecified atom stereocenters. The van der Waals surface area contributed by atoms with E-state index < -0.39 is 23.8 Å². The minimum absolute atomic E-state index is 0.0528. The van der Waals surface area contributed by atoms with Crippen LogP contribution in [0.1, 0.15) is 96.0 Å². The zero-order chi connectivity index (χ0) is 27.0. The Bertz CT molecular complexity index is 1180. The molecule has 1 aromatic heterocycles. The fourth-order valence-electron chi connectivity index (χ4n) is 7.11. The number of fused-ring (bicyclic) bond motifs is 2. The molecule has 5 rings (SSSR count). The molecule has 1 saturated heterocycles. The molecule has 3 fully saturated rings. The average molecular weight is 517 g/mol. The Morgan fingerprint density at radius 1 is 1.14 bits per heavy atom. The molecule has 2 aromatic rings. The molecule has 37 heavy (non-hydrogen) atoms. The predicted octanol–water partition coefficient (Wildman–Crippen LogP) is 6.17. The van der Waals surface area contributed by atoms with Gasteiger partial charge in [-0.25, -0.2) is 0 Å². The van der Waals surface area contributed by atoms with Gasteiger partial charge in [0.1, 0.15) is 0 Å². The van der Waals surface area contributed by atoms with E-state index in [9.17, 15) is 18.0 Å². The Morgan fingerprint density at radius 2 is 1.86 bits per heavy atom. The van der Waals surface area contributed by atoms with Crippen molar-refractivity contribution in [1.82, 2.24) is 20.4 Å². The molecule has 0 spiro atoms. The summed E-state index contributed by atoms with van der Waals surface area (Å²) >= 11 is 0. The summed E-state index contributed by atoms with van der Waals surface area (Å²) in [6.07, 6.45) is 1.24. The third kappa shape index (κ3) is 4.39. The number of hydrogen-bond donors (Lipinski definition) is 2. The van der Waals surface area contributed by atoms with Crippen LogP contribution in [0.25, 0.3) is 0 Å². The van der Waals surface area contributed by atoms with E-state index in [0.29, 0.717) is 17.9 Å². The quantitative estimate of drug-likeness (QED) is 0.511. The number of carbonyl (C=O) groups is 1. The minimum atomic E-state index is -4.43. The highest BCUT2D eigenvalue weighted by Crippen LogP contribution is 2.65. The Hall–Kier alpha value is -2.35. The maximum absolute atomic E-state index is 13.6. The molecule has 6 atom stereocenters. The van der Waals surface area contributed by atoms with Crippen LogP contribution in [0.4, 0.5) is 13.2 Å². The summed E-state index contributed by atoms with van der Waals surface area (Å²) in [7, 11) is 0. The minimum Gasteiger partial charge on any atom is -0.351 e. The molecular weight excluding hydrogens is 477 g/mol. The number of nitrogens with zero attached hydrogens (tertiary/aromatic N) is 2. The molecule has 1 aliphatic heterocycles. The Balaban J connectivity index is 1.42. The van der Waals surface area contributed by atoms with E-state index in [1.165, 1.54) is 18.6 Å². The molecule has 2 saturated carbocycles. The van der Waals surface area contributed by atoms with Gasteiger partial charge >= 0.3 is 6.18 Å². The van der Waals surface area contributed by atoms with E-state index in [4.69, 9.17) is 5.10 Å². The van der Waals surface area contributed by atoms with Crippen molar-refractivity contribution in [2.75, 3.05) is 0 Å². The molecule has 202 valence electrons. The summed E-state index contributed by atoms with van der Waals surface area (Å²) in [4.78, 5) is 13.6. The summed E-state index contributed by atoms with van der Waals surface area (Å²) in [5.41, 5.74) is 0.628. The van der Waals surface area contributed by atoms with Gasteiger partial charge in [-0.2, -0.15) is 18.3 Å². The number of amides is 1. The molecule has 8 heteroatoms. The maximum atomic E-state index is 13.6. The summed E-state index contributed by atoms with van der Waals surface area (Å²) in [6.45, 7) is 13.1. The van der Waals surface area contributed by atoms with E-state index in [2.05, 4.69) is 52.2 Å². The fraction of sp³-hybridized carbons (Fsp3) is 0.655. The molecule has 2 aliphatic carbocycles. The van der Waals surface area contributed by atoms with Crippen LogP contribution in [0.3, 0.4) is 0 Å². The van der Waals surface area contributed by atoms with Crippen LogP contribution in [0.5, 0.6) is 0 Å². The van der Waals surface area contributed by atoms with Crippen LogP contribution in [-0.4, -0.2) is 27.8 Å². The largest absolute Gasteiger partial charge is 0.416 e. The lowest BCUT2D eigenvalue weighted by Gasteiger charge is -2.39. The number of nitrogens with one attached hydrogen (secondary N) is 2. The first kappa shape index (κ1) is 26.3. The van der Waals surface area contributed by atoms with Crippen molar-refractivity contribution in [2.45, 2.75) is 103 Å². The average Bonchev–Trinajstić information content (AvgIpc) is 3.54. The summed E-state index contributed by atoms with van der Waals surface area (Å²) in [5.74, 6) is 0.311. The standard InChI is InChI=1S/C29H39F3N4O/c1-26(2,3)36-13-11-21(35-36)20-16-22(33-24(20)17-8-7-9-19(14-17)29(30,31)32)25(37)34-23-15-18-10-12-28(23,6)27(18,4)5/h7-9,11,13-14,18,20,22-24,33H,10,12,15-16H2,1-6H3,(H,34,37)/t18-,20+,22+,23+,24+,28+/m1/s1. The highest BCUT2D eigenvalue weighted by Gasteiger charge is 2.61. The topological polar surface area (TPSA) is 59.0 Å². The van der Waals surface area contributed by atoms with E-state index in [-0.39, 0.29) is 34.2 Å². The summed E-state index contributed by atoms with van der Waals surface area (Å²) in [6, 6.07) is 6.52. The van der Waals surface area contributed by atoms with Crippen LogP contribution in [-0.2, 0) is 16.5 Å². The number of alkyl halides is 3. The Labute approximate surface area is 217 Å². The molecule has 5 nitrogen and oxygen atoms in total. The molecule has 2 heterocycles. The molecular formula is C29H39F3N4O. The third-order valence-electron chi connectivity index (χ3n) is 9.95. The van der Waals surface area contributed by atoms with Crippen molar-refractivity contribution in [3.05, 3.63) is 53.3 Å². The Kier molecular flexibility index (Phi) is 6.09. The van der Waals surface area contributed by atoms with Crippen LogP contribution in [0, 0.1) is 16.7 Å². The predicted molar refractivity (Wildman–Crippen MR) is 137 cm³/mol. The van der Waals surface area contributed by atoms with Gasteiger partial charge < -0.3 is 5.32 Å². The second-order valence-corrected chi connectivity index (χ2v) is 13.2. The second kappa shape index (κ2) is 8.58. The van der Waals surface area contributed by atoms with Crippen LogP contribution < -0.4 is 10.6 Å². The zero-order valence-electron chi connectivity index (χ0n) is 22.6. The molecule has 1 amide bonds. The first-order valence-corrected chi connectivity index (χ1v) is 13.4. The van der Waals surface area contributed by atoms with Crippen molar-refractivity contribution >= 4 is 5.91 Å². The normalized spacial score (nSPS) is 33.2. The van der Waals surface area contributed by atoms with E-state index in [0.717, 1.165) is 24.6 Å². The first-order valence-electron chi connectivity index (χ1n) is 13.4. The van der Waals surface area contributed by atoms with Gasteiger partial charge in [-0.1, -0.05) is 32.9 Å². The summed E-state index contributed by atoms with van der Waals surface area (Å²) < 4.78 is 42.4. The van der Waals surface area contributed by atoms with Crippen LogP contribution >= 0.6 is 0 Å². The third-order valence-corrected chi connectivity index (χ3v) is 9.95. The molecule has 2 bridgehead atoms. The maximum Gasteiger partial charge on any atom is 0.416 e. The highest BCUT2D eigenvalue weighted by atomic mass is 19.4. The van der Waals surface area contributed by atoms with E-state index in [1.807, 2.05) is 16.9 Å². The summed E-state index contributed by atoms with van der Waals surface area (Å²) in [5, 5.41) is 11.5. The van der Waals surface area contributed by atoms with Gasteiger partial charge in [-0.15, -0.1) is 0 Å². The number of halogens is 3. The van der Waals surface area contributed by atoms with Gasteiger partial charge in [0.15, 0.2) is 0 Å². The molecule has 2 N–H and O–H groups in total. The van der Waals surface area contributed by atoms with Gasteiger partial charge in [0.2, 0.25) is 5.91 Å². The van der Waals surface area contributed by atoms with Gasteiger partial charge in [0.25, 0.3) is 0 Å². The van der Waals surface area contributed by atoms with E-state index in [1.54, 1.807) is 6.07 Å². The highest BCUT2D eigenvalue weighted by molar-refractivity contribution is 5.83. The lowest BCUT2D eigenvalue weighted by Crippen LogP contribution is -2.51. The monoisotopic (exact) mass is 516 g/mol. The lowest BCUT2D eigenvalue weighted by molar-refractivity contribution is -0.137. The van der Waals surface area contributed by atoms with Crippen LogP contribution in [0.2, 0.25) is 0 Å². The number of carbonyl (C=O) groups excluding carboxylic acids is 1. The lowest BCUT2D eigenvalue weighted by atomic mass is 9.69. The number of hydrogen-bond acceptors (Lipinski definition) is 3. The zero-order valence-corrected chi connectivity index (χ0v) is 22.6. The Morgan fingerprint density at radius 3 is 2.43 bits per heavy atom. The van der Waals surface area contributed by atoms with Crippen molar-refractivity contribution in [2.24, 2.45) is 16.7 Å². The SMILES string of the molecule is CC(C)(C)n1ccc([C@@H]2C[C@@H](C(=O)N[C@H]3C[C@H]4CC[C@]3(C)C4(C)C)N[C@H]2c2cccc(C(F)(F)F)c2)n1. The van der Waals surface area contributed by atoms with Gasteiger partial charge in [0, 0.05) is 24.2 Å². The first-order chi connectivity index (χ1) is 17.1. The van der Waals surface area contributed by atoms with Crippen molar-refractivity contribution in [3.8, 4) is 0 Å². The van der Waals surface area contributed by atoms with Crippen LogP contribution in [0.15, 0.2) is 36.5 Å². The molecule has 1 aromatic carbocycles. The number of benzene rings is 1.